The van der Waals surface area contributed by atoms with Crippen LogP contribution < -0.4 is 11.1 Å². The monoisotopic (exact) mass is 248 g/mol. The van der Waals surface area contributed by atoms with Crippen molar-refractivity contribution in [3.8, 4) is 0 Å². The molecular formula is C15H24N2O. The van der Waals surface area contributed by atoms with E-state index in [2.05, 4.69) is 12.2 Å². The lowest BCUT2D eigenvalue weighted by Crippen LogP contribution is -2.31. The van der Waals surface area contributed by atoms with Crippen LogP contribution in [0.5, 0.6) is 0 Å². The standard InChI is InChI=1S/C15H24N2O/c1-3-7-12(2)15(18)17-11-10-14(16)13-8-5-4-6-9-13/h4-6,8-9,12,14H,3,7,10-11,16H2,1-2H3,(H,17,18). The van der Waals surface area contributed by atoms with Gasteiger partial charge in [0.05, 0.1) is 0 Å². The average molecular weight is 248 g/mol. The molecule has 2 atom stereocenters. The molecule has 0 saturated carbocycles. The van der Waals surface area contributed by atoms with E-state index < -0.39 is 0 Å². The molecule has 0 aliphatic carbocycles. The summed E-state index contributed by atoms with van der Waals surface area (Å²) < 4.78 is 0. The zero-order valence-electron chi connectivity index (χ0n) is 11.4. The van der Waals surface area contributed by atoms with E-state index in [1.807, 2.05) is 37.3 Å². The van der Waals surface area contributed by atoms with Crippen LogP contribution in [0.2, 0.25) is 0 Å². The molecule has 1 amide bonds. The van der Waals surface area contributed by atoms with Crippen molar-refractivity contribution >= 4 is 5.91 Å². The second kappa shape index (κ2) is 7.88. The molecule has 1 rings (SSSR count). The number of hydrogen-bond donors (Lipinski definition) is 2. The maximum atomic E-state index is 11.7. The molecule has 0 aliphatic rings. The zero-order chi connectivity index (χ0) is 13.4. The molecule has 0 spiro atoms. The van der Waals surface area contributed by atoms with Crippen molar-refractivity contribution in [1.29, 1.82) is 0 Å². The highest BCUT2D eigenvalue weighted by Crippen LogP contribution is 2.12. The molecule has 0 aliphatic heterocycles. The first-order valence-corrected chi connectivity index (χ1v) is 6.73. The lowest BCUT2D eigenvalue weighted by molar-refractivity contribution is -0.124. The fraction of sp³-hybridized carbons (Fsp3) is 0.533. The van der Waals surface area contributed by atoms with E-state index in [1.165, 1.54) is 0 Å². The van der Waals surface area contributed by atoms with Crippen LogP contribution in [0, 0.1) is 5.92 Å². The molecular weight excluding hydrogens is 224 g/mol. The summed E-state index contributed by atoms with van der Waals surface area (Å²) in [5.74, 6) is 0.236. The van der Waals surface area contributed by atoms with Crippen molar-refractivity contribution in [1.82, 2.24) is 5.32 Å². The Hall–Kier alpha value is -1.35. The number of carbonyl (C=O) groups is 1. The van der Waals surface area contributed by atoms with Gasteiger partial charge < -0.3 is 11.1 Å². The summed E-state index contributed by atoms with van der Waals surface area (Å²) in [5, 5.41) is 2.95. The zero-order valence-corrected chi connectivity index (χ0v) is 11.4. The first-order valence-electron chi connectivity index (χ1n) is 6.73. The van der Waals surface area contributed by atoms with Crippen molar-refractivity contribution < 1.29 is 4.79 Å². The first kappa shape index (κ1) is 14.7. The van der Waals surface area contributed by atoms with Gasteiger partial charge in [-0.15, -0.1) is 0 Å². The fourth-order valence-electron chi connectivity index (χ4n) is 1.96. The molecule has 0 bridgehead atoms. The molecule has 100 valence electrons. The lowest BCUT2D eigenvalue weighted by Gasteiger charge is -2.14. The summed E-state index contributed by atoms with van der Waals surface area (Å²) in [5.41, 5.74) is 7.18. The van der Waals surface area contributed by atoms with Crippen molar-refractivity contribution in [3.05, 3.63) is 35.9 Å². The van der Waals surface area contributed by atoms with Crippen LogP contribution in [0.4, 0.5) is 0 Å². The maximum absolute atomic E-state index is 11.7. The molecule has 3 N–H and O–H groups in total. The normalized spacial score (nSPS) is 13.9. The first-order chi connectivity index (χ1) is 8.65. The predicted molar refractivity (Wildman–Crippen MR) is 75.1 cm³/mol. The van der Waals surface area contributed by atoms with Crippen molar-refractivity contribution in [2.45, 2.75) is 39.2 Å². The second-order valence-corrected chi connectivity index (χ2v) is 4.79. The van der Waals surface area contributed by atoms with Gasteiger partial charge in [-0.05, 0) is 18.4 Å². The summed E-state index contributed by atoms with van der Waals surface area (Å²) in [6.45, 7) is 4.70. The Balaban J connectivity index is 2.27. The van der Waals surface area contributed by atoms with Crippen LogP contribution in [0.15, 0.2) is 30.3 Å². The number of nitrogens with one attached hydrogen (secondary N) is 1. The minimum Gasteiger partial charge on any atom is -0.356 e. The third-order valence-corrected chi connectivity index (χ3v) is 3.15. The van der Waals surface area contributed by atoms with Gasteiger partial charge in [0.2, 0.25) is 5.91 Å². The molecule has 0 saturated heterocycles. The van der Waals surface area contributed by atoms with Crippen molar-refractivity contribution in [3.63, 3.8) is 0 Å². The van der Waals surface area contributed by atoms with Gasteiger partial charge >= 0.3 is 0 Å². The summed E-state index contributed by atoms with van der Waals surface area (Å²) in [6, 6.07) is 9.98. The minimum atomic E-state index is -0.00650. The molecule has 3 nitrogen and oxygen atoms in total. The Morgan fingerprint density at radius 3 is 2.56 bits per heavy atom. The maximum Gasteiger partial charge on any atom is 0.222 e. The lowest BCUT2D eigenvalue weighted by atomic mass is 10.0. The van der Waals surface area contributed by atoms with Gasteiger partial charge in [0.15, 0.2) is 0 Å². The number of hydrogen-bond acceptors (Lipinski definition) is 2. The number of carbonyl (C=O) groups excluding carboxylic acids is 1. The second-order valence-electron chi connectivity index (χ2n) is 4.79. The predicted octanol–water partition coefficient (Wildman–Crippen LogP) is 2.63. The topological polar surface area (TPSA) is 55.1 Å². The van der Waals surface area contributed by atoms with E-state index in [1.54, 1.807) is 0 Å². The Labute approximate surface area is 110 Å². The third kappa shape index (κ3) is 4.88. The Bertz CT molecular complexity index is 351. The number of nitrogens with two attached hydrogens (primary N) is 1. The summed E-state index contributed by atoms with van der Waals surface area (Å²) in [7, 11) is 0. The highest BCUT2D eigenvalue weighted by Gasteiger charge is 2.11. The van der Waals surface area contributed by atoms with E-state index in [0.717, 1.165) is 24.8 Å². The smallest absolute Gasteiger partial charge is 0.222 e. The van der Waals surface area contributed by atoms with Crippen LogP contribution in [0.1, 0.15) is 44.7 Å². The summed E-state index contributed by atoms with van der Waals surface area (Å²) in [6.07, 6.45) is 2.75. The summed E-state index contributed by atoms with van der Waals surface area (Å²) in [4.78, 5) is 11.7. The van der Waals surface area contributed by atoms with Gasteiger partial charge in [-0.1, -0.05) is 50.6 Å². The SMILES string of the molecule is CCCC(C)C(=O)NCCC(N)c1ccccc1. The fourth-order valence-corrected chi connectivity index (χ4v) is 1.96. The van der Waals surface area contributed by atoms with Crippen LogP contribution in [-0.2, 0) is 4.79 Å². The third-order valence-electron chi connectivity index (χ3n) is 3.15. The number of amides is 1. The number of benzene rings is 1. The Morgan fingerprint density at radius 2 is 1.94 bits per heavy atom. The molecule has 1 aromatic carbocycles. The molecule has 2 unspecified atom stereocenters. The molecule has 1 aromatic rings. The van der Waals surface area contributed by atoms with Crippen LogP contribution in [-0.4, -0.2) is 12.5 Å². The van der Waals surface area contributed by atoms with Crippen LogP contribution in [0.25, 0.3) is 0 Å². The van der Waals surface area contributed by atoms with Gasteiger partial charge in [0.1, 0.15) is 0 Å². The van der Waals surface area contributed by atoms with Crippen molar-refractivity contribution in [2.75, 3.05) is 6.54 Å². The van der Waals surface area contributed by atoms with Crippen LogP contribution >= 0.6 is 0 Å². The van der Waals surface area contributed by atoms with E-state index in [-0.39, 0.29) is 17.9 Å². The van der Waals surface area contributed by atoms with E-state index >= 15 is 0 Å². The van der Waals surface area contributed by atoms with E-state index in [9.17, 15) is 4.79 Å². The molecule has 0 heterocycles. The number of rotatable bonds is 7. The molecule has 18 heavy (non-hydrogen) atoms. The van der Waals surface area contributed by atoms with E-state index in [0.29, 0.717) is 6.54 Å². The van der Waals surface area contributed by atoms with Gasteiger partial charge in [-0.25, -0.2) is 0 Å². The molecule has 0 radical (unpaired) electrons. The highest BCUT2D eigenvalue weighted by molar-refractivity contribution is 5.78. The molecule has 3 heteroatoms. The quantitative estimate of drug-likeness (QED) is 0.779. The average Bonchev–Trinajstić information content (AvgIpc) is 2.39. The van der Waals surface area contributed by atoms with Gasteiger partial charge in [0.25, 0.3) is 0 Å². The molecule has 0 fully saturated rings. The van der Waals surface area contributed by atoms with Gasteiger partial charge in [-0.3, -0.25) is 4.79 Å². The van der Waals surface area contributed by atoms with Crippen molar-refractivity contribution in [2.24, 2.45) is 11.7 Å². The largest absolute Gasteiger partial charge is 0.356 e. The minimum absolute atomic E-state index is 0.00650. The van der Waals surface area contributed by atoms with E-state index in [4.69, 9.17) is 5.73 Å². The van der Waals surface area contributed by atoms with Crippen LogP contribution in [0.3, 0.4) is 0 Å². The highest BCUT2D eigenvalue weighted by atomic mass is 16.1. The Morgan fingerprint density at radius 1 is 1.28 bits per heavy atom. The molecule has 0 aromatic heterocycles. The van der Waals surface area contributed by atoms with Gasteiger partial charge in [0, 0.05) is 18.5 Å². The Kier molecular flexibility index (Phi) is 6.44. The summed E-state index contributed by atoms with van der Waals surface area (Å²) >= 11 is 0. The van der Waals surface area contributed by atoms with Gasteiger partial charge in [-0.2, -0.15) is 0 Å².